The number of nitrogens with zero attached hydrogens (tertiary/aromatic N) is 5. The zero-order valence-electron chi connectivity index (χ0n) is 24.3. The molecule has 0 bridgehead atoms. The van der Waals surface area contributed by atoms with E-state index in [4.69, 9.17) is 5.10 Å². The Kier molecular flexibility index (Phi) is 10.6. The molecule has 0 aliphatic carbocycles. The van der Waals surface area contributed by atoms with Gasteiger partial charge in [-0.15, -0.1) is 0 Å². The number of benzene rings is 2. The Morgan fingerprint density at radius 3 is 1.79 bits per heavy atom. The van der Waals surface area contributed by atoms with Crippen molar-refractivity contribution in [1.82, 2.24) is 4.98 Å². The van der Waals surface area contributed by atoms with Gasteiger partial charge >= 0.3 is 0 Å². The first-order valence-corrected chi connectivity index (χ1v) is 14.8. The first kappa shape index (κ1) is 28.4. The van der Waals surface area contributed by atoms with E-state index in [0.29, 0.717) is 0 Å². The van der Waals surface area contributed by atoms with Gasteiger partial charge in [0, 0.05) is 50.2 Å². The van der Waals surface area contributed by atoms with Crippen LogP contribution in [0.1, 0.15) is 77.0 Å². The van der Waals surface area contributed by atoms with Crippen molar-refractivity contribution in [2.75, 3.05) is 41.0 Å². The molecule has 3 aromatic rings. The molecule has 5 nitrogen and oxygen atoms in total. The van der Waals surface area contributed by atoms with E-state index in [0.717, 1.165) is 69.8 Å². The number of aromatic nitrogens is 1. The predicted molar refractivity (Wildman–Crippen MR) is 169 cm³/mol. The first-order chi connectivity index (χ1) is 19.2. The molecule has 39 heavy (non-hydrogen) atoms. The van der Waals surface area contributed by atoms with Gasteiger partial charge in [0.1, 0.15) is 5.82 Å². The van der Waals surface area contributed by atoms with Crippen molar-refractivity contribution < 1.29 is 0 Å². The van der Waals surface area contributed by atoms with E-state index in [9.17, 15) is 0 Å². The molecule has 0 saturated carbocycles. The maximum atomic E-state index is 5.02. The molecule has 0 amide bonds. The Balaban J connectivity index is 1.52. The van der Waals surface area contributed by atoms with Crippen LogP contribution in [0.15, 0.2) is 84.1 Å². The Labute approximate surface area is 235 Å². The second kappa shape index (κ2) is 14.5. The van der Waals surface area contributed by atoms with Crippen molar-refractivity contribution in [1.29, 1.82) is 0 Å². The first-order valence-electron chi connectivity index (χ1n) is 14.8. The van der Waals surface area contributed by atoms with Gasteiger partial charge in [0.15, 0.2) is 0 Å². The SMILES string of the molecule is CCCN(CCC)c1ccc(C=CC2=NN(c3ccccn3)C(c3ccc(N(CCC)CCC)cc3)C2)cc1. The third-order valence-electron chi connectivity index (χ3n) is 7.16. The molecule has 2 aromatic carbocycles. The van der Waals surface area contributed by atoms with E-state index in [1.165, 1.54) is 22.5 Å². The van der Waals surface area contributed by atoms with Crippen molar-refractivity contribution in [3.05, 3.63) is 90.1 Å². The molecule has 0 fully saturated rings. The highest BCUT2D eigenvalue weighted by molar-refractivity contribution is 6.01. The van der Waals surface area contributed by atoms with Gasteiger partial charge in [-0.05, 0) is 79.3 Å². The van der Waals surface area contributed by atoms with Crippen molar-refractivity contribution in [3.8, 4) is 0 Å². The molecule has 0 spiro atoms. The Hall–Kier alpha value is -3.60. The van der Waals surface area contributed by atoms with Crippen LogP contribution in [0.2, 0.25) is 0 Å². The molecule has 1 unspecified atom stereocenters. The number of anilines is 3. The van der Waals surface area contributed by atoms with Crippen LogP contribution in [0.4, 0.5) is 17.2 Å². The van der Waals surface area contributed by atoms with Gasteiger partial charge in [-0.2, -0.15) is 5.10 Å². The lowest BCUT2D eigenvalue weighted by Crippen LogP contribution is -2.25. The van der Waals surface area contributed by atoms with E-state index in [1.807, 2.05) is 24.4 Å². The fraction of sp³-hybridized carbons (Fsp3) is 0.412. The van der Waals surface area contributed by atoms with E-state index in [-0.39, 0.29) is 6.04 Å². The average Bonchev–Trinajstić information content (AvgIpc) is 3.41. The molecule has 1 aromatic heterocycles. The van der Waals surface area contributed by atoms with Gasteiger partial charge in [0.05, 0.1) is 11.8 Å². The van der Waals surface area contributed by atoms with Gasteiger partial charge in [0.2, 0.25) is 0 Å². The third-order valence-corrected chi connectivity index (χ3v) is 7.16. The summed E-state index contributed by atoms with van der Waals surface area (Å²) in [5.74, 6) is 0.880. The number of rotatable bonds is 14. The number of hydrogen-bond donors (Lipinski definition) is 0. The fourth-order valence-electron chi connectivity index (χ4n) is 5.31. The number of allylic oxidation sites excluding steroid dienone is 1. The number of hydrazone groups is 1. The zero-order chi connectivity index (χ0) is 27.5. The van der Waals surface area contributed by atoms with Gasteiger partial charge in [0.25, 0.3) is 0 Å². The largest absolute Gasteiger partial charge is 0.372 e. The van der Waals surface area contributed by atoms with Crippen LogP contribution < -0.4 is 14.8 Å². The van der Waals surface area contributed by atoms with Crippen LogP contribution in [0, 0.1) is 0 Å². The van der Waals surface area contributed by atoms with E-state index >= 15 is 0 Å². The standard InChI is InChI=1S/C34H45N5/c1-5-23-37(24-6-2)31-18-13-28(14-19-31)12-17-30-27-33(39(36-30)34-11-9-10-22-35-34)29-15-20-32(21-16-29)38(25-7-3)26-8-4/h9-22,33H,5-8,23-27H2,1-4H3. The molecule has 0 saturated heterocycles. The van der Waals surface area contributed by atoms with Crippen LogP contribution in [0.25, 0.3) is 6.08 Å². The summed E-state index contributed by atoms with van der Waals surface area (Å²) in [4.78, 5) is 9.57. The second-order valence-corrected chi connectivity index (χ2v) is 10.3. The maximum Gasteiger partial charge on any atom is 0.149 e. The smallest absolute Gasteiger partial charge is 0.149 e. The molecule has 1 atom stereocenters. The summed E-state index contributed by atoms with van der Waals surface area (Å²) in [6.07, 6.45) is 11.7. The lowest BCUT2D eigenvalue weighted by atomic mass is 10.0. The van der Waals surface area contributed by atoms with Gasteiger partial charge in [-0.1, -0.05) is 64.1 Å². The van der Waals surface area contributed by atoms with Crippen LogP contribution in [0.3, 0.4) is 0 Å². The Morgan fingerprint density at radius 2 is 1.28 bits per heavy atom. The summed E-state index contributed by atoms with van der Waals surface area (Å²) >= 11 is 0. The molecule has 5 heteroatoms. The Bertz CT molecular complexity index is 1170. The topological polar surface area (TPSA) is 35.0 Å². The van der Waals surface area contributed by atoms with Gasteiger partial charge in [-0.3, -0.25) is 0 Å². The fourth-order valence-corrected chi connectivity index (χ4v) is 5.31. The molecule has 206 valence electrons. The lowest BCUT2D eigenvalue weighted by Gasteiger charge is -2.26. The van der Waals surface area contributed by atoms with Crippen LogP contribution in [-0.4, -0.2) is 36.9 Å². The predicted octanol–water partition coefficient (Wildman–Crippen LogP) is 8.36. The van der Waals surface area contributed by atoms with Crippen LogP contribution >= 0.6 is 0 Å². The number of pyridine rings is 1. The number of hydrogen-bond acceptors (Lipinski definition) is 5. The van der Waals surface area contributed by atoms with Crippen LogP contribution in [-0.2, 0) is 0 Å². The van der Waals surface area contributed by atoms with Crippen molar-refractivity contribution in [3.63, 3.8) is 0 Å². The second-order valence-electron chi connectivity index (χ2n) is 10.3. The van der Waals surface area contributed by atoms with Crippen molar-refractivity contribution >= 4 is 29.0 Å². The molecule has 0 radical (unpaired) electrons. The molecular formula is C34H45N5. The van der Waals surface area contributed by atoms with E-state index < -0.39 is 0 Å². The van der Waals surface area contributed by atoms with Gasteiger partial charge in [-0.25, -0.2) is 9.99 Å². The highest BCUT2D eigenvalue weighted by Crippen LogP contribution is 2.35. The molecule has 1 aliphatic rings. The van der Waals surface area contributed by atoms with Gasteiger partial charge < -0.3 is 9.80 Å². The van der Waals surface area contributed by atoms with Crippen molar-refractivity contribution in [2.24, 2.45) is 5.10 Å². The summed E-state index contributed by atoms with van der Waals surface area (Å²) in [5, 5.41) is 7.11. The van der Waals surface area contributed by atoms with E-state index in [1.54, 1.807) is 0 Å². The molecule has 4 rings (SSSR count). The molecule has 1 aliphatic heterocycles. The minimum absolute atomic E-state index is 0.124. The lowest BCUT2D eigenvalue weighted by molar-refractivity contribution is 0.698. The monoisotopic (exact) mass is 523 g/mol. The summed E-state index contributed by atoms with van der Waals surface area (Å²) in [6, 6.07) is 24.1. The summed E-state index contributed by atoms with van der Waals surface area (Å²) in [7, 11) is 0. The molecular weight excluding hydrogens is 478 g/mol. The normalized spacial score (nSPS) is 15.1. The average molecular weight is 524 g/mol. The Morgan fingerprint density at radius 1 is 0.718 bits per heavy atom. The molecule has 0 N–H and O–H groups in total. The minimum atomic E-state index is 0.124. The van der Waals surface area contributed by atoms with Crippen molar-refractivity contribution in [2.45, 2.75) is 65.8 Å². The quantitative estimate of drug-likeness (QED) is 0.213. The molecule has 2 heterocycles. The van der Waals surface area contributed by atoms with E-state index in [2.05, 4.69) is 108 Å². The van der Waals surface area contributed by atoms with Crippen LogP contribution in [0.5, 0.6) is 0 Å². The maximum absolute atomic E-state index is 5.02. The third kappa shape index (κ3) is 7.50. The summed E-state index contributed by atoms with van der Waals surface area (Å²) < 4.78 is 0. The highest BCUT2D eigenvalue weighted by atomic mass is 15.5. The summed E-state index contributed by atoms with van der Waals surface area (Å²) in [5.41, 5.74) is 6.12. The minimum Gasteiger partial charge on any atom is -0.372 e. The zero-order valence-corrected chi connectivity index (χ0v) is 24.3. The highest BCUT2D eigenvalue weighted by Gasteiger charge is 2.29. The summed E-state index contributed by atoms with van der Waals surface area (Å²) in [6.45, 7) is 13.3.